The van der Waals surface area contributed by atoms with Crippen LogP contribution in [0.2, 0.25) is 0 Å². The van der Waals surface area contributed by atoms with Crippen molar-refractivity contribution in [1.29, 1.82) is 5.26 Å². The third-order valence-electron chi connectivity index (χ3n) is 2.12. The monoisotopic (exact) mass is 255 g/mol. The minimum atomic E-state index is 0.322. The molecule has 0 fully saturated rings. The van der Waals surface area contributed by atoms with E-state index in [1.165, 1.54) is 18.1 Å². The molecule has 0 aliphatic heterocycles. The summed E-state index contributed by atoms with van der Waals surface area (Å²) in [5.41, 5.74) is 1.64. The summed E-state index contributed by atoms with van der Waals surface area (Å²) in [6, 6.07) is 3.52. The van der Waals surface area contributed by atoms with Crippen LogP contribution in [0.4, 0.5) is 0 Å². The van der Waals surface area contributed by atoms with Crippen LogP contribution in [0.3, 0.4) is 0 Å². The molecule has 0 amide bonds. The van der Waals surface area contributed by atoms with E-state index in [4.69, 9.17) is 5.26 Å². The van der Waals surface area contributed by atoms with Crippen molar-refractivity contribution >= 4 is 22.9 Å². The fourth-order valence-corrected chi connectivity index (χ4v) is 2.14. The molecule has 86 valence electrons. The predicted octanol–water partition coefficient (Wildman–Crippen LogP) is 1.17. The van der Waals surface area contributed by atoms with Crippen molar-refractivity contribution in [3.05, 3.63) is 30.6 Å². The molecule has 3 rings (SSSR count). The van der Waals surface area contributed by atoms with E-state index in [9.17, 15) is 0 Å². The molecule has 0 radical (unpaired) electrons. The van der Waals surface area contributed by atoms with Gasteiger partial charge in [-0.25, -0.2) is 24.9 Å². The zero-order valence-electron chi connectivity index (χ0n) is 8.90. The number of nitriles is 1. The lowest BCUT2D eigenvalue weighted by Gasteiger charge is -1.99. The standard InChI is InChI=1S/C10H5N7S/c11-3-6-1-2-12-10(17-6)18-9-7-8(14-4-13-7)15-5-16-9/h1-2,4-5H,(H,13,14,15,16). The number of hydrogen-bond acceptors (Lipinski definition) is 7. The summed E-state index contributed by atoms with van der Waals surface area (Å²) < 4.78 is 0. The van der Waals surface area contributed by atoms with E-state index in [-0.39, 0.29) is 0 Å². The Morgan fingerprint density at radius 3 is 3.06 bits per heavy atom. The highest BCUT2D eigenvalue weighted by molar-refractivity contribution is 7.99. The molecule has 0 saturated heterocycles. The lowest BCUT2D eigenvalue weighted by atomic mass is 10.5. The quantitative estimate of drug-likeness (QED) is 0.541. The average molecular weight is 255 g/mol. The maximum Gasteiger partial charge on any atom is 0.195 e. The molecule has 0 saturated carbocycles. The van der Waals surface area contributed by atoms with E-state index in [1.807, 2.05) is 6.07 Å². The van der Waals surface area contributed by atoms with Crippen LogP contribution >= 0.6 is 11.8 Å². The molecule has 3 aromatic heterocycles. The Morgan fingerprint density at radius 1 is 1.22 bits per heavy atom. The molecule has 0 spiro atoms. The Balaban J connectivity index is 2.01. The number of nitrogens with zero attached hydrogens (tertiary/aromatic N) is 6. The van der Waals surface area contributed by atoms with E-state index in [2.05, 4.69) is 29.9 Å². The fraction of sp³-hybridized carbons (Fsp3) is 0. The molecule has 3 aromatic rings. The molecule has 0 unspecified atom stereocenters. The Labute approximate surface area is 105 Å². The Kier molecular flexibility index (Phi) is 2.59. The molecular weight excluding hydrogens is 250 g/mol. The first kappa shape index (κ1) is 10.6. The van der Waals surface area contributed by atoms with Gasteiger partial charge in [0.05, 0.1) is 6.33 Å². The molecule has 7 nitrogen and oxygen atoms in total. The normalized spacial score (nSPS) is 10.4. The van der Waals surface area contributed by atoms with Crippen LogP contribution in [-0.4, -0.2) is 29.9 Å². The lowest BCUT2D eigenvalue weighted by molar-refractivity contribution is 0.946. The number of aromatic nitrogens is 6. The number of imidazole rings is 1. The van der Waals surface area contributed by atoms with Gasteiger partial charge in [0.1, 0.15) is 28.6 Å². The molecular formula is C10H5N7S. The Hall–Kier alpha value is -2.53. The van der Waals surface area contributed by atoms with E-state index >= 15 is 0 Å². The van der Waals surface area contributed by atoms with Crippen LogP contribution in [0.1, 0.15) is 5.69 Å². The van der Waals surface area contributed by atoms with E-state index < -0.39 is 0 Å². The summed E-state index contributed by atoms with van der Waals surface area (Å²) in [4.78, 5) is 23.3. The van der Waals surface area contributed by atoms with Gasteiger partial charge in [0.15, 0.2) is 10.8 Å². The van der Waals surface area contributed by atoms with Crippen molar-refractivity contribution in [2.75, 3.05) is 0 Å². The minimum absolute atomic E-state index is 0.322. The predicted molar refractivity (Wildman–Crippen MR) is 62.6 cm³/mol. The first-order valence-corrected chi connectivity index (χ1v) is 5.73. The molecule has 0 aromatic carbocycles. The molecule has 0 bridgehead atoms. The minimum Gasteiger partial charge on any atom is -0.341 e. The van der Waals surface area contributed by atoms with Gasteiger partial charge in [-0.2, -0.15) is 5.26 Å². The number of nitrogens with one attached hydrogen (secondary N) is 1. The van der Waals surface area contributed by atoms with Crippen LogP contribution in [0, 0.1) is 11.3 Å². The average Bonchev–Trinajstić information content (AvgIpc) is 2.88. The van der Waals surface area contributed by atoms with Crippen molar-refractivity contribution in [2.24, 2.45) is 0 Å². The summed E-state index contributed by atoms with van der Waals surface area (Å²) in [6.45, 7) is 0. The molecule has 0 aliphatic rings. The van der Waals surface area contributed by atoms with Gasteiger partial charge in [-0.05, 0) is 17.8 Å². The van der Waals surface area contributed by atoms with Crippen LogP contribution in [-0.2, 0) is 0 Å². The Bertz CT molecular complexity index is 745. The highest BCUT2D eigenvalue weighted by Gasteiger charge is 2.09. The summed E-state index contributed by atoms with van der Waals surface area (Å²) in [6.07, 6.45) is 4.52. The zero-order valence-corrected chi connectivity index (χ0v) is 9.72. The van der Waals surface area contributed by atoms with Crippen molar-refractivity contribution in [3.8, 4) is 6.07 Å². The van der Waals surface area contributed by atoms with Gasteiger partial charge in [0, 0.05) is 6.20 Å². The largest absolute Gasteiger partial charge is 0.341 e. The molecule has 1 N–H and O–H groups in total. The highest BCUT2D eigenvalue weighted by Crippen LogP contribution is 2.26. The van der Waals surface area contributed by atoms with Crippen LogP contribution < -0.4 is 0 Å². The van der Waals surface area contributed by atoms with Gasteiger partial charge in [0.2, 0.25) is 0 Å². The van der Waals surface area contributed by atoms with Crippen LogP contribution in [0.5, 0.6) is 0 Å². The topological polar surface area (TPSA) is 104 Å². The molecule has 0 aliphatic carbocycles. The number of hydrogen-bond donors (Lipinski definition) is 1. The van der Waals surface area contributed by atoms with Gasteiger partial charge in [-0.3, -0.25) is 0 Å². The first-order valence-electron chi connectivity index (χ1n) is 4.92. The lowest BCUT2D eigenvalue weighted by Crippen LogP contribution is -1.91. The number of aromatic amines is 1. The third kappa shape index (κ3) is 1.87. The van der Waals surface area contributed by atoms with E-state index in [0.29, 0.717) is 21.5 Å². The maximum atomic E-state index is 8.78. The van der Waals surface area contributed by atoms with E-state index in [0.717, 1.165) is 5.52 Å². The van der Waals surface area contributed by atoms with Gasteiger partial charge in [-0.15, -0.1) is 0 Å². The second-order valence-electron chi connectivity index (χ2n) is 3.22. The maximum absolute atomic E-state index is 8.78. The summed E-state index contributed by atoms with van der Waals surface area (Å²) in [5.74, 6) is 0. The fourth-order valence-electron chi connectivity index (χ4n) is 1.36. The van der Waals surface area contributed by atoms with Crippen LogP contribution in [0.15, 0.2) is 35.1 Å². The van der Waals surface area contributed by atoms with Crippen molar-refractivity contribution in [3.63, 3.8) is 0 Å². The SMILES string of the molecule is N#Cc1ccnc(Sc2ncnc3nc[nH]c23)n1. The zero-order chi connectivity index (χ0) is 12.4. The van der Waals surface area contributed by atoms with Crippen molar-refractivity contribution in [2.45, 2.75) is 10.2 Å². The van der Waals surface area contributed by atoms with E-state index in [1.54, 1.807) is 18.6 Å². The van der Waals surface area contributed by atoms with Gasteiger partial charge >= 0.3 is 0 Å². The van der Waals surface area contributed by atoms with Crippen molar-refractivity contribution < 1.29 is 0 Å². The number of H-pyrrole nitrogens is 1. The number of rotatable bonds is 2. The molecule has 8 heteroatoms. The second kappa shape index (κ2) is 4.38. The summed E-state index contributed by atoms with van der Waals surface area (Å²) in [5, 5.41) is 9.91. The first-order chi connectivity index (χ1) is 8.86. The smallest absolute Gasteiger partial charge is 0.195 e. The summed E-state index contributed by atoms with van der Waals surface area (Å²) >= 11 is 1.26. The Morgan fingerprint density at radius 2 is 2.17 bits per heavy atom. The van der Waals surface area contributed by atoms with Gasteiger partial charge in [0.25, 0.3) is 0 Å². The summed E-state index contributed by atoms with van der Waals surface area (Å²) in [7, 11) is 0. The number of fused-ring (bicyclic) bond motifs is 1. The molecule has 3 heterocycles. The van der Waals surface area contributed by atoms with Crippen molar-refractivity contribution in [1.82, 2.24) is 29.9 Å². The van der Waals surface area contributed by atoms with Gasteiger partial charge < -0.3 is 4.98 Å². The van der Waals surface area contributed by atoms with Gasteiger partial charge in [-0.1, -0.05) is 0 Å². The molecule has 0 atom stereocenters. The highest BCUT2D eigenvalue weighted by atomic mass is 32.2. The van der Waals surface area contributed by atoms with Crippen LogP contribution in [0.25, 0.3) is 11.2 Å². The molecule has 18 heavy (non-hydrogen) atoms. The third-order valence-corrected chi connectivity index (χ3v) is 3.01. The second-order valence-corrected chi connectivity index (χ2v) is 4.17.